The fraction of sp³-hybridized carbons (Fsp3) is 0.0667. The van der Waals surface area contributed by atoms with Crippen LogP contribution in [0.1, 0.15) is 5.76 Å². The third-order valence-electron chi connectivity index (χ3n) is 3.09. The van der Waals surface area contributed by atoms with Gasteiger partial charge in [-0.2, -0.15) is 0 Å². The van der Waals surface area contributed by atoms with E-state index in [1.165, 1.54) is 24.3 Å². The third kappa shape index (κ3) is 2.06. The second kappa shape index (κ2) is 4.52. The summed E-state index contributed by atoms with van der Waals surface area (Å²) in [6.45, 7) is 1.61. The van der Waals surface area contributed by atoms with Gasteiger partial charge < -0.3 is 19.0 Å². The highest BCUT2D eigenvalue weighted by Crippen LogP contribution is 2.34. The Bertz CT molecular complexity index is 959. The van der Waals surface area contributed by atoms with Crippen LogP contribution >= 0.6 is 0 Å². The molecule has 0 saturated heterocycles. The van der Waals surface area contributed by atoms with Gasteiger partial charge >= 0.3 is 5.63 Å². The van der Waals surface area contributed by atoms with Crippen molar-refractivity contribution >= 4 is 11.0 Å². The first-order valence-corrected chi connectivity index (χ1v) is 6.06. The summed E-state index contributed by atoms with van der Waals surface area (Å²) in [5.41, 5.74) is -0.813. The molecule has 0 saturated carbocycles. The topological polar surface area (TPSA) is 101 Å². The third-order valence-corrected chi connectivity index (χ3v) is 3.09. The zero-order chi connectivity index (χ0) is 15.1. The summed E-state index contributed by atoms with van der Waals surface area (Å²) in [5, 5.41) is 19.8. The fourth-order valence-corrected chi connectivity index (χ4v) is 2.23. The molecule has 21 heavy (non-hydrogen) atoms. The number of phenols is 1. The van der Waals surface area contributed by atoms with Crippen LogP contribution in [0.15, 0.2) is 49.0 Å². The number of hydrogen-bond acceptors (Lipinski definition) is 6. The predicted octanol–water partition coefficient (Wildman–Crippen LogP) is 2.13. The predicted molar refractivity (Wildman–Crippen MR) is 74.5 cm³/mol. The molecular formula is C15H10O6. The van der Waals surface area contributed by atoms with Gasteiger partial charge in [0.15, 0.2) is 5.43 Å². The molecule has 0 amide bonds. The molecule has 0 bridgehead atoms. The lowest BCUT2D eigenvalue weighted by Gasteiger charge is -2.08. The summed E-state index contributed by atoms with van der Waals surface area (Å²) in [6, 6.07) is 5.22. The minimum atomic E-state index is -0.930. The van der Waals surface area contributed by atoms with Gasteiger partial charge in [-0.1, -0.05) is 0 Å². The van der Waals surface area contributed by atoms with Crippen LogP contribution in [0.4, 0.5) is 0 Å². The Morgan fingerprint density at radius 2 is 1.81 bits per heavy atom. The molecule has 3 aromatic rings. The molecule has 6 nitrogen and oxygen atoms in total. The minimum Gasteiger partial charge on any atom is -0.508 e. The molecule has 106 valence electrons. The number of benzene rings is 1. The van der Waals surface area contributed by atoms with Crippen LogP contribution < -0.4 is 11.1 Å². The highest BCUT2D eigenvalue weighted by molar-refractivity contribution is 5.96. The highest BCUT2D eigenvalue weighted by Gasteiger charge is 2.16. The lowest BCUT2D eigenvalue weighted by atomic mass is 10.0. The van der Waals surface area contributed by atoms with Gasteiger partial charge in [0.05, 0.1) is 11.6 Å². The van der Waals surface area contributed by atoms with E-state index in [-0.39, 0.29) is 33.3 Å². The van der Waals surface area contributed by atoms with Crippen LogP contribution in [0.2, 0.25) is 0 Å². The van der Waals surface area contributed by atoms with E-state index in [0.717, 1.165) is 6.26 Å². The summed E-state index contributed by atoms with van der Waals surface area (Å²) in [4.78, 5) is 23.6. The molecule has 0 aliphatic heterocycles. The van der Waals surface area contributed by atoms with E-state index >= 15 is 0 Å². The molecule has 0 spiro atoms. The maximum absolute atomic E-state index is 12.2. The van der Waals surface area contributed by atoms with Crippen LogP contribution in [-0.4, -0.2) is 10.2 Å². The molecule has 3 rings (SSSR count). The van der Waals surface area contributed by atoms with Gasteiger partial charge in [-0.05, 0) is 19.1 Å². The van der Waals surface area contributed by atoms with Crippen molar-refractivity contribution in [2.45, 2.75) is 6.92 Å². The zero-order valence-corrected chi connectivity index (χ0v) is 10.9. The van der Waals surface area contributed by atoms with Gasteiger partial charge in [0, 0.05) is 23.3 Å². The van der Waals surface area contributed by atoms with Crippen LogP contribution in [0.3, 0.4) is 0 Å². The van der Waals surface area contributed by atoms with Crippen molar-refractivity contribution in [3.05, 3.63) is 56.9 Å². The molecule has 1 aromatic carbocycles. The Hall–Kier alpha value is -3.02. The fourth-order valence-electron chi connectivity index (χ4n) is 2.23. The normalized spacial score (nSPS) is 10.9. The lowest BCUT2D eigenvalue weighted by Crippen LogP contribution is -2.04. The van der Waals surface area contributed by atoms with E-state index in [9.17, 15) is 19.8 Å². The SMILES string of the molecule is Cc1cc(=O)c2c(-c3ccoc(=O)c3O)cc(O)cc2o1. The maximum atomic E-state index is 12.2. The Labute approximate surface area is 117 Å². The highest BCUT2D eigenvalue weighted by atomic mass is 16.4. The monoisotopic (exact) mass is 286 g/mol. The molecule has 0 atom stereocenters. The van der Waals surface area contributed by atoms with Gasteiger partial charge in [-0.3, -0.25) is 4.79 Å². The minimum absolute atomic E-state index is 0.0864. The van der Waals surface area contributed by atoms with Crippen molar-refractivity contribution in [3.8, 4) is 22.6 Å². The van der Waals surface area contributed by atoms with Crippen molar-refractivity contribution in [2.75, 3.05) is 0 Å². The molecule has 2 N–H and O–H groups in total. The van der Waals surface area contributed by atoms with Gasteiger partial charge in [-0.15, -0.1) is 0 Å². The molecular weight excluding hydrogens is 276 g/mol. The van der Waals surface area contributed by atoms with E-state index in [0.29, 0.717) is 5.76 Å². The standard InChI is InChI=1S/C15H10O6/c1-7-4-11(17)13-10(5-8(16)6-12(13)21-7)9-2-3-20-15(19)14(9)18/h2-6,16,18H,1H3. The quantitative estimate of drug-likeness (QED) is 0.710. The second-order valence-corrected chi connectivity index (χ2v) is 4.56. The summed E-state index contributed by atoms with van der Waals surface area (Å²) >= 11 is 0. The Morgan fingerprint density at radius 1 is 1.05 bits per heavy atom. The van der Waals surface area contributed by atoms with E-state index in [4.69, 9.17) is 4.42 Å². The van der Waals surface area contributed by atoms with Gasteiger partial charge in [0.1, 0.15) is 17.1 Å². The average molecular weight is 286 g/mol. The zero-order valence-electron chi connectivity index (χ0n) is 10.9. The van der Waals surface area contributed by atoms with Crippen molar-refractivity contribution in [2.24, 2.45) is 0 Å². The van der Waals surface area contributed by atoms with Gasteiger partial charge in [-0.25, -0.2) is 4.79 Å². The van der Waals surface area contributed by atoms with Crippen LogP contribution in [0.5, 0.6) is 11.5 Å². The van der Waals surface area contributed by atoms with Crippen molar-refractivity contribution in [3.63, 3.8) is 0 Å². The second-order valence-electron chi connectivity index (χ2n) is 4.56. The van der Waals surface area contributed by atoms with E-state index in [2.05, 4.69) is 4.42 Å². The number of aromatic hydroxyl groups is 2. The number of hydrogen-bond donors (Lipinski definition) is 2. The smallest absolute Gasteiger partial charge is 0.378 e. The van der Waals surface area contributed by atoms with E-state index in [1.54, 1.807) is 6.92 Å². The van der Waals surface area contributed by atoms with Crippen LogP contribution in [0.25, 0.3) is 22.1 Å². The number of aryl methyl sites for hydroxylation is 1. The number of fused-ring (bicyclic) bond motifs is 1. The van der Waals surface area contributed by atoms with Crippen molar-refractivity contribution in [1.29, 1.82) is 0 Å². The van der Waals surface area contributed by atoms with Crippen molar-refractivity contribution < 1.29 is 19.0 Å². The molecule has 6 heteroatoms. The first-order chi connectivity index (χ1) is 9.97. The maximum Gasteiger partial charge on any atom is 0.378 e. The first kappa shape index (κ1) is 13.0. The number of rotatable bonds is 1. The Kier molecular flexibility index (Phi) is 2.79. The van der Waals surface area contributed by atoms with Crippen molar-refractivity contribution in [1.82, 2.24) is 0 Å². The van der Waals surface area contributed by atoms with E-state index in [1.807, 2.05) is 0 Å². The summed E-state index contributed by atoms with van der Waals surface area (Å²) in [7, 11) is 0. The molecule has 0 aliphatic carbocycles. The number of phenolic OH excluding ortho intramolecular Hbond substituents is 1. The summed E-state index contributed by atoms with van der Waals surface area (Å²) in [6.07, 6.45) is 1.10. The van der Waals surface area contributed by atoms with E-state index < -0.39 is 11.4 Å². The molecule has 0 aliphatic rings. The molecule has 0 fully saturated rings. The first-order valence-electron chi connectivity index (χ1n) is 6.06. The Morgan fingerprint density at radius 3 is 2.57 bits per heavy atom. The van der Waals surface area contributed by atoms with Crippen LogP contribution in [0, 0.1) is 6.92 Å². The van der Waals surface area contributed by atoms with Gasteiger partial charge in [0.2, 0.25) is 5.75 Å². The molecule has 0 radical (unpaired) electrons. The summed E-state index contributed by atoms with van der Waals surface area (Å²) < 4.78 is 9.95. The summed E-state index contributed by atoms with van der Waals surface area (Å²) in [5.74, 6) is -0.399. The largest absolute Gasteiger partial charge is 0.508 e. The Balaban J connectivity index is 2.51. The lowest BCUT2D eigenvalue weighted by molar-refractivity contribution is 0.414. The molecule has 0 unspecified atom stereocenters. The average Bonchev–Trinajstić information content (AvgIpc) is 2.40. The molecule has 2 aromatic heterocycles. The molecule has 2 heterocycles. The van der Waals surface area contributed by atoms with Crippen LogP contribution in [-0.2, 0) is 0 Å². The van der Waals surface area contributed by atoms with Gasteiger partial charge in [0.25, 0.3) is 0 Å².